The number of fused-ring (bicyclic) bond motifs is 5. The van der Waals surface area contributed by atoms with Crippen LogP contribution in [0.5, 0.6) is 17.2 Å². The van der Waals surface area contributed by atoms with Gasteiger partial charge in [0.1, 0.15) is 36.0 Å². The van der Waals surface area contributed by atoms with Gasteiger partial charge >= 0.3 is 0 Å². The summed E-state index contributed by atoms with van der Waals surface area (Å²) in [5.41, 5.74) is 0.560. The maximum Gasteiger partial charge on any atom is 0.246 e. The molecule has 3 aromatic rings. The van der Waals surface area contributed by atoms with Gasteiger partial charge in [0.2, 0.25) is 18.6 Å². The lowest BCUT2D eigenvalue weighted by Gasteiger charge is -2.23. The molecule has 2 amide bonds. The second-order valence-electron chi connectivity index (χ2n) is 8.28. The Morgan fingerprint density at radius 1 is 0.941 bits per heavy atom. The molecule has 34 heavy (non-hydrogen) atoms. The fraction of sp³-hybridized carbons (Fsp3) is 0.200. The fourth-order valence-corrected chi connectivity index (χ4v) is 4.81. The number of carbonyl (C=O) groups excluding carboxylic acids is 2. The number of rotatable bonds is 4. The van der Waals surface area contributed by atoms with Gasteiger partial charge in [-0.1, -0.05) is 24.3 Å². The number of amides is 2. The molecule has 1 spiro atoms. The van der Waals surface area contributed by atoms with Crippen molar-refractivity contribution in [3.05, 3.63) is 82.9 Å². The summed E-state index contributed by atoms with van der Waals surface area (Å²) in [5.74, 6) is -0.774. The fourth-order valence-electron chi connectivity index (χ4n) is 4.81. The van der Waals surface area contributed by atoms with Crippen LogP contribution in [-0.4, -0.2) is 31.8 Å². The molecule has 1 atom stereocenters. The van der Waals surface area contributed by atoms with Crippen molar-refractivity contribution in [2.24, 2.45) is 0 Å². The zero-order valence-electron chi connectivity index (χ0n) is 17.8. The highest BCUT2D eigenvalue weighted by Gasteiger charge is 2.57. The Balaban J connectivity index is 1.31. The number of benzene rings is 3. The Morgan fingerprint density at radius 3 is 2.47 bits per heavy atom. The van der Waals surface area contributed by atoms with E-state index in [1.54, 1.807) is 24.3 Å². The monoisotopic (exact) mass is 464 g/mol. The molecule has 3 heterocycles. The molecule has 3 aliphatic heterocycles. The van der Waals surface area contributed by atoms with Gasteiger partial charge in [-0.15, -0.1) is 0 Å². The number of ether oxygens (including phenoxy) is 3. The van der Waals surface area contributed by atoms with Crippen molar-refractivity contribution in [2.75, 3.05) is 24.8 Å². The summed E-state index contributed by atoms with van der Waals surface area (Å²) in [5, 5.41) is 2.51. The highest BCUT2D eigenvalue weighted by atomic mass is 19.1. The van der Waals surface area contributed by atoms with Gasteiger partial charge in [0.05, 0.1) is 0 Å². The van der Waals surface area contributed by atoms with Crippen molar-refractivity contribution < 1.29 is 32.6 Å². The van der Waals surface area contributed by atoms with Crippen molar-refractivity contribution in [1.82, 2.24) is 5.32 Å². The van der Waals surface area contributed by atoms with Gasteiger partial charge in [-0.05, 0) is 29.8 Å². The van der Waals surface area contributed by atoms with Gasteiger partial charge in [-0.25, -0.2) is 8.78 Å². The summed E-state index contributed by atoms with van der Waals surface area (Å²) in [4.78, 5) is 28.0. The molecule has 1 N–H and O–H groups in total. The summed E-state index contributed by atoms with van der Waals surface area (Å²) in [6, 6.07) is 14.2. The SMILES string of the molecule is O=C(CN1C(=O)C2(COc3cc4c(cc32)OCO4)c2ccccc21)NCc1c(F)cccc1F. The zero-order chi connectivity index (χ0) is 23.4. The highest BCUT2D eigenvalue weighted by molar-refractivity contribution is 6.13. The molecule has 0 saturated carbocycles. The molecule has 0 aliphatic carbocycles. The van der Waals surface area contributed by atoms with Crippen LogP contribution in [0, 0.1) is 11.6 Å². The summed E-state index contributed by atoms with van der Waals surface area (Å²) in [6.07, 6.45) is 0. The lowest BCUT2D eigenvalue weighted by molar-refractivity contribution is -0.125. The molecule has 0 aromatic heterocycles. The smallest absolute Gasteiger partial charge is 0.246 e. The molecular formula is C25H18F2N2O5. The van der Waals surface area contributed by atoms with Crippen molar-refractivity contribution in [3.8, 4) is 17.2 Å². The first-order chi connectivity index (χ1) is 16.5. The van der Waals surface area contributed by atoms with Crippen LogP contribution in [0.15, 0.2) is 54.6 Å². The number of anilines is 1. The van der Waals surface area contributed by atoms with Gasteiger partial charge in [-0.2, -0.15) is 0 Å². The van der Waals surface area contributed by atoms with Crippen LogP contribution in [0.1, 0.15) is 16.7 Å². The number of nitrogens with zero attached hydrogens (tertiary/aromatic N) is 1. The number of hydrogen-bond donors (Lipinski definition) is 1. The minimum Gasteiger partial charge on any atom is -0.491 e. The van der Waals surface area contributed by atoms with Gasteiger partial charge in [-0.3, -0.25) is 9.59 Å². The summed E-state index contributed by atoms with van der Waals surface area (Å²) in [6.45, 7) is -0.487. The third-order valence-corrected chi connectivity index (χ3v) is 6.47. The summed E-state index contributed by atoms with van der Waals surface area (Å²) in [7, 11) is 0. The number of para-hydroxylation sites is 1. The molecule has 0 radical (unpaired) electrons. The van der Waals surface area contributed by atoms with Gasteiger partial charge in [0.15, 0.2) is 11.5 Å². The third-order valence-electron chi connectivity index (χ3n) is 6.47. The van der Waals surface area contributed by atoms with Gasteiger partial charge in [0, 0.05) is 29.4 Å². The van der Waals surface area contributed by atoms with Crippen molar-refractivity contribution in [2.45, 2.75) is 12.0 Å². The van der Waals surface area contributed by atoms with E-state index in [1.807, 2.05) is 12.1 Å². The molecule has 0 bridgehead atoms. The molecule has 3 aliphatic rings. The summed E-state index contributed by atoms with van der Waals surface area (Å²) < 4.78 is 44.7. The van der Waals surface area contributed by atoms with E-state index in [1.165, 1.54) is 11.0 Å². The molecule has 3 aromatic carbocycles. The van der Waals surface area contributed by atoms with E-state index in [0.29, 0.717) is 34.1 Å². The lowest BCUT2D eigenvalue weighted by atomic mass is 9.77. The highest BCUT2D eigenvalue weighted by Crippen LogP contribution is 2.54. The van der Waals surface area contributed by atoms with Crippen LogP contribution in [0.3, 0.4) is 0 Å². The Kier molecular flexibility index (Phi) is 4.48. The van der Waals surface area contributed by atoms with E-state index in [0.717, 1.165) is 12.1 Å². The van der Waals surface area contributed by atoms with E-state index < -0.39 is 23.0 Å². The number of hydrogen-bond acceptors (Lipinski definition) is 5. The second-order valence-corrected chi connectivity index (χ2v) is 8.28. The predicted octanol–water partition coefficient (Wildman–Crippen LogP) is 3.04. The third kappa shape index (κ3) is 2.86. The van der Waals surface area contributed by atoms with E-state index in [4.69, 9.17) is 14.2 Å². The quantitative estimate of drug-likeness (QED) is 0.643. The Bertz CT molecular complexity index is 1340. The molecule has 1 unspecified atom stereocenters. The average molecular weight is 464 g/mol. The average Bonchev–Trinajstić information content (AvgIpc) is 3.50. The van der Waals surface area contributed by atoms with Crippen LogP contribution in [0.4, 0.5) is 14.5 Å². The molecule has 0 fully saturated rings. The van der Waals surface area contributed by atoms with E-state index in [-0.39, 0.29) is 38.0 Å². The van der Waals surface area contributed by atoms with Gasteiger partial charge in [0.25, 0.3) is 0 Å². The molecule has 6 rings (SSSR count). The maximum absolute atomic E-state index is 13.9. The summed E-state index contributed by atoms with van der Waals surface area (Å²) >= 11 is 0. The second kappa shape index (κ2) is 7.44. The lowest BCUT2D eigenvalue weighted by Crippen LogP contribution is -2.46. The largest absolute Gasteiger partial charge is 0.491 e. The van der Waals surface area contributed by atoms with Crippen LogP contribution in [0.2, 0.25) is 0 Å². The maximum atomic E-state index is 13.9. The molecule has 9 heteroatoms. The standard InChI is InChI=1S/C25H18F2N2O5/c26-17-5-3-6-18(27)14(17)10-28-23(30)11-29-19-7-2-1-4-15(19)25(24(29)31)12-32-20-9-22-21(8-16(20)25)33-13-34-22/h1-9H,10-13H2,(H,28,30). The molecule has 172 valence electrons. The van der Waals surface area contributed by atoms with E-state index in [2.05, 4.69) is 5.32 Å². The molecule has 0 saturated heterocycles. The Hall–Kier alpha value is -4.14. The van der Waals surface area contributed by atoms with Crippen molar-refractivity contribution >= 4 is 17.5 Å². The van der Waals surface area contributed by atoms with Crippen LogP contribution < -0.4 is 24.4 Å². The topological polar surface area (TPSA) is 77.1 Å². The predicted molar refractivity (Wildman–Crippen MR) is 116 cm³/mol. The normalized spacial score (nSPS) is 19.2. The van der Waals surface area contributed by atoms with Crippen LogP contribution in [-0.2, 0) is 21.5 Å². The molecular weight excluding hydrogens is 446 g/mol. The minimum absolute atomic E-state index is 0.0691. The number of carbonyl (C=O) groups is 2. The Morgan fingerprint density at radius 2 is 1.68 bits per heavy atom. The first-order valence-corrected chi connectivity index (χ1v) is 10.7. The van der Waals surface area contributed by atoms with E-state index in [9.17, 15) is 18.4 Å². The van der Waals surface area contributed by atoms with Crippen LogP contribution in [0.25, 0.3) is 0 Å². The minimum atomic E-state index is -1.13. The first-order valence-electron chi connectivity index (χ1n) is 10.7. The number of nitrogens with one attached hydrogen (secondary N) is 1. The molecule has 7 nitrogen and oxygen atoms in total. The van der Waals surface area contributed by atoms with Crippen molar-refractivity contribution in [1.29, 1.82) is 0 Å². The van der Waals surface area contributed by atoms with Gasteiger partial charge < -0.3 is 24.4 Å². The van der Waals surface area contributed by atoms with E-state index >= 15 is 0 Å². The zero-order valence-corrected chi connectivity index (χ0v) is 17.8. The Labute approximate surface area is 192 Å². The van der Waals surface area contributed by atoms with Crippen molar-refractivity contribution in [3.63, 3.8) is 0 Å². The van der Waals surface area contributed by atoms with Crippen LogP contribution >= 0.6 is 0 Å². The number of halogens is 2. The first kappa shape index (κ1) is 20.5.